The minimum Gasteiger partial charge on any atom is -0.536 e. The van der Waals surface area contributed by atoms with Crippen molar-refractivity contribution < 1.29 is 9.39 Å². The van der Waals surface area contributed by atoms with Crippen molar-refractivity contribution in [3.8, 4) is 0 Å². The quantitative estimate of drug-likeness (QED) is 0.436. The van der Waals surface area contributed by atoms with E-state index in [2.05, 4.69) is 20.8 Å². The first-order chi connectivity index (χ1) is 10.5. The third-order valence-electron chi connectivity index (χ3n) is 5.12. The summed E-state index contributed by atoms with van der Waals surface area (Å²) in [5.41, 5.74) is -0.189. The molecule has 2 fully saturated rings. The van der Waals surface area contributed by atoms with Gasteiger partial charge in [-0.2, -0.15) is 0 Å². The van der Waals surface area contributed by atoms with Crippen molar-refractivity contribution in [3.05, 3.63) is 12.0 Å². The normalized spacial score (nSPS) is 22.5. The van der Waals surface area contributed by atoms with Gasteiger partial charge >= 0.3 is 6.92 Å². The maximum atomic E-state index is 6.49. The van der Waals surface area contributed by atoms with Crippen LogP contribution in [0.25, 0.3) is 0 Å². The van der Waals surface area contributed by atoms with E-state index >= 15 is 0 Å². The molecule has 0 radical (unpaired) electrons. The highest BCUT2D eigenvalue weighted by Gasteiger charge is 2.39. The van der Waals surface area contributed by atoms with Crippen LogP contribution >= 0.6 is 0 Å². The van der Waals surface area contributed by atoms with Crippen LogP contribution in [0.3, 0.4) is 0 Å². The molecule has 2 aliphatic carbocycles. The lowest BCUT2D eigenvalue weighted by Crippen LogP contribution is -2.34. The highest BCUT2D eigenvalue weighted by atomic mass is 16.7. The third kappa shape index (κ3) is 5.55. The molecule has 0 amide bonds. The van der Waals surface area contributed by atoms with Crippen molar-refractivity contribution in [3.63, 3.8) is 0 Å². The van der Waals surface area contributed by atoms with Gasteiger partial charge in [-0.3, -0.25) is 0 Å². The topological polar surface area (TPSA) is 18.5 Å². The van der Waals surface area contributed by atoms with Gasteiger partial charge in [-0.25, -0.2) is 0 Å². The zero-order chi connectivity index (χ0) is 16.0. The zero-order valence-electron chi connectivity index (χ0n) is 15.2. The lowest BCUT2D eigenvalue weighted by atomic mass is 9.42. The number of rotatable bonds is 5. The molecule has 0 saturated heterocycles. The summed E-state index contributed by atoms with van der Waals surface area (Å²) in [5, 5.41) is 0. The SMILES string of the molecule is C/C=C(\OB(C1CCCCC1)C1CCCCC1)OC(C)(C)C. The van der Waals surface area contributed by atoms with Gasteiger partial charge in [-0.15, -0.1) is 0 Å². The van der Waals surface area contributed by atoms with Crippen LogP contribution in [0.5, 0.6) is 0 Å². The molecule has 22 heavy (non-hydrogen) atoms. The van der Waals surface area contributed by atoms with Crippen molar-refractivity contribution in [2.24, 2.45) is 0 Å². The van der Waals surface area contributed by atoms with E-state index < -0.39 is 0 Å². The van der Waals surface area contributed by atoms with E-state index in [0.29, 0.717) is 6.92 Å². The number of allylic oxidation sites excluding steroid dienone is 1. The fraction of sp³-hybridized carbons (Fsp3) is 0.895. The molecule has 0 atom stereocenters. The Bertz CT molecular complexity index is 329. The van der Waals surface area contributed by atoms with Gasteiger partial charge in [0.1, 0.15) is 5.60 Å². The summed E-state index contributed by atoms with van der Waals surface area (Å²) in [6, 6.07) is 0. The molecule has 0 heterocycles. The standard InChI is InChI=1S/C19H35BO2/c1-5-18(21-19(2,3)4)22-20(16-12-8-6-9-13-16)17-14-10-7-11-15-17/h5,16-17H,6-15H2,1-4H3/b18-5-. The second kappa shape index (κ2) is 8.31. The Morgan fingerprint density at radius 1 is 0.864 bits per heavy atom. The molecule has 2 rings (SSSR count). The lowest BCUT2D eigenvalue weighted by molar-refractivity contribution is -0.00921. The van der Waals surface area contributed by atoms with Gasteiger partial charge in [0.25, 0.3) is 5.95 Å². The summed E-state index contributed by atoms with van der Waals surface area (Å²) in [6.07, 6.45) is 15.7. The Kier molecular flexibility index (Phi) is 6.71. The Morgan fingerprint density at radius 2 is 1.32 bits per heavy atom. The number of ether oxygens (including phenoxy) is 1. The monoisotopic (exact) mass is 306 g/mol. The first-order valence-corrected chi connectivity index (χ1v) is 9.51. The Labute approximate surface area is 138 Å². The Morgan fingerprint density at radius 3 is 1.68 bits per heavy atom. The first-order valence-electron chi connectivity index (χ1n) is 9.51. The van der Waals surface area contributed by atoms with Crippen LogP contribution in [-0.2, 0) is 9.39 Å². The fourth-order valence-electron chi connectivity index (χ4n) is 4.09. The second-order valence-electron chi connectivity index (χ2n) is 8.20. The molecule has 126 valence electrons. The molecule has 0 bridgehead atoms. The van der Waals surface area contributed by atoms with E-state index in [1.807, 2.05) is 13.0 Å². The summed E-state index contributed by atoms with van der Waals surface area (Å²) in [7, 11) is 0. The van der Waals surface area contributed by atoms with Crippen LogP contribution in [0.2, 0.25) is 11.6 Å². The highest BCUT2D eigenvalue weighted by Crippen LogP contribution is 2.42. The molecule has 0 N–H and O–H groups in total. The van der Waals surface area contributed by atoms with Gasteiger partial charge in [0.05, 0.1) is 0 Å². The van der Waals surface area contributed by atoms with Gasteiger partial charge in [0, 0.05) is 0 Å². The molecule has 0 aromatic rings. The summed E-state index contributed by atoms with van der Waals surface area (Å²) >= 11 is 0. The second-order valence-corrected chi connectivity index (χ2v) is 8.20. The van der Waals surface area contributed by atoms with Gasteiger partial charge in [-0.05, 0) is 45.4 Å². The molecule has 0 aromatic carbocycles. The maximum Gasteiger partial charge on any atom is 0.368 e. The average Bonchev–Trinajstić information content (AvgIpc) is 2.52. The van der Waals surface area contributed by atoms with Gasteiger partial charge < -0.3 is 9.39 Å². The molecule has 0 spiro atoms. The Balaban J connectivity index is 2.05. The van der Waals surface area contributed by atoms with Crippen LogP contribution in [0.15, 0.2) is 12.0 Å². The maximum absolute atomic E-state index is 6.49. The van der Waals surface area contributed by atoms with Crippen LogP contribution in [0, 0.1) is 0 Å². The third-order valence-corrected chi connectivity index (χ3v) is 5.12. The van der Waals surface area contributed by atoms with E-state index in [0.717, 1.165) is 17.6 Å². The molecule has 3 heteroatoms. The molecule has 0 aromatic heterocycles. The average molecular weight is 306 g/mol. The van der Waals surface area contributed by atoms with Crippen molar-refractivity contribution in [1.29, 1.82) is 0 Å². The van der Waals surface area contributed by atoms with Gasteiger partial charge in [0.15, 0.2) is 0 Å². The van der Waals surface area contributed by atoms with Crippen molar-refractivity contribution in [1.82, 2.24) is 0 Å². The predicted octanol–water partition coefficient (Wildman–Crippen LogP) is 6.34. The Hall–Kier alpha value is -0.595. The van der Waals surface area contributed by atoms with E-state index in [9.17, 15) is 0 Å². The van der Waals surface area contributed by atoms with Crippen LogP contribution in [0.4, 0.5) is 0 Å². The fourth-order valence-corrected chi connectivity index (χ4v) is 4.09. The van der Waals surface area contributed by atoms with E-state index in [4.69, 9.17) is 9.39 Å². The lowest BCUT2D eigenvalue weighted by Gasteiger charge is -2.36. The van der Waals surface area contributed by atoms with Gasteiger partial charge in [0.2, 0.25) is 0 Å². The van der Waals surface area contributed by atoms with Crippen molar-refractivity contribution in [2.75, 3.05) is 0 Å². The number of hydrogen-bond acceptors (Lipinski definition) is 2. The van der Waals surface area contributed by atoms with Crippen LogP contribution in [0.1, 0.15) is 91.9 Å². The summed E-state index contributed by atoms with van der Waals surface area (Å²) in [4.78, 5) is 0. The first kappa shape index (κ1) is 17.8. The summed E-state index contributed by atoms with van der Waals surface area (Å²) in [6.45, 7) is 8.68. The highest BCUT2D eigenvalue weighted by molar-refractivity contribution is 6.55. The molecular weight excluding hydrogens is 271 g/mol. The molecule has 2 saturated carbocycles. The molecule has 0 aliphatic heterocycles. The minimum absolute atomic E-state index is 0.189. The van der Waals surface area contributed by atoms with E-state index in [1.54, 1.807) is 0 Å². The number of hydrogen-bond donors (Lipinski definition) is 0. The molecule has 2 aliphatic rings. The zero-order valence-corrected chi connectivity index (χ0v) is 15.2. The van der Waals surface area contributed by atoms with Crippen LogP contribution in [-0.4, -0.2) is 12.5 Å². The van der Waals surface area contributed by atoms with Gasteiger partial charge in [-0.1, -0.05) is 64.2 Å². The summed E-state index contributed by atoms with van der Waals surface area (Å²) in [5.74, 6) is 2.21. The molecular formula is C19H35BO2. The largest absolute Gasteiger partial charge is 0.536 e. The summed E-state index contributed by atoms with van der Waals surface area (Å²) < 4.78 is 12.5. The van der Waals surface area contributed by atoms with Crippen molar-refractivity contribution in [2.45, 2.75) is 109 Å². The predicted molar refractivity (Wildman–Crippen MR) is 95.1 cm³/mol. The van der Waals surface area contributed by atoms with E-state index in [-0.39, 0.29) is 5.60 Å². The molecule has 0 unspecified atom stereocenters. The smallest absolute Gasteiger partial charge is 0.368 e. The molecule has 2 nitrogen and oxygen atoms in total. The van der Waals surface area contributed by atoms with Crippen LogP contribution < -0.4 is 0 Å². The van der Waals surface area contributed by atoms with E-state index in [1.165, 1.54) is 64.2 Å². The minimum atomic E-state index is -0.189. The van der Waals surface area contributed by atoms with Crippen molar-refractivity contribution >= 4 is 6.92 Å².